The van der Waals surface area contributed by atoms with E-state index >= 15 is 0 Å². The molecule has 2 aromatic carbocycles. The van der Waals surface area contributed by atoms with Crippen molar-refractivity contribution in [3.05, 3.63) is 65.5 Å². The Morgan fingerprint density at radius 2 is 1.55 bits per heavy atom. The van der Waals surface area contributed by atoms with E-state index in [0.717, 1.165) is 17.7 Å². The molecule has 1 saturated carbocycles. The highest BCUT2D eigenvalue weighted by Crippen LogP contribution is 2.35. The molecule has 1 N–H and O–H groups in total. The predicted octanol–water partition coefficient (Wildman–Crippen LogP) is 3.22. The Kier molecular flexibility index (Phi) is 5.54. The van der Waals surface area contributed by atoms with Crippen molar-refractivity contribution in [1.82, 2.24) is 10.2 Å². The van der Waals surface area contributed by atoms with Crippen LogP contribution < -0.4 is 10.1 Å². The van der Waals surface area contributed by atoms with Gasteiger partial charge >= 0.3 is 12.0 Å². The first-order valence-electron chi connectivity index (χ1n) is 10.1. The van der Waals surface area contributed by atoms with Crippen LogP contribution in [0.5, 0.6) is 5.75 Å². The van der Waals surface area contributed by atoms with Crippen molar-refractivity contribution < 1.29 is 28.3 Å². The number of esters is 1. The van der Waals surface area contributed by atoms with Crippen molar-refractivity contribution in [1.29, 1.82) is 0 Å². The number of ketones is 1. The molecular weight excluding hydrogens is 403 g/mol. The van der Waals surface area contributed by atoms with Crippen molar-refractivity contribution in [3.8, 4) is 5.75 Å². The van der Waals surface area contributed by atoms with Gasteiger partial charge in [0.15, 0.2) is 5.78 Å². The molecule has 0 unspecified atom stereocenters. The summed E-state index contributed by atoms with van der Waals surface area (Å²) in [6.45, 7) is -0.0492. The number of hydrogen-bond acceptors (Lipinski definition) is 5. The molecule has 2 aliphatic rings. The van der Waals surface area contributed by atoms with Gasteiger partial charge in [0.1, 0.15) is 17.1 Å². The van der Waals surface area contributed by atoms with E-state index in [9.17, 15) is 23.6 Å². The van der Waals surface area contributed by atoms with Gasteiger partial charge in [0, 0.05) is 17.7 Å². The Balaban J connectivity index is 1.32. The lowest BCUT2D eigenvalue weighted by molar-refractivity contribution is -0.135. The van der Waals surface area contributed by atoms with Crippen LogP contribution in [0.15, 0.2) is 48.5 Å². The van der Waals surface area contributed by atoms with Crippen molar-refractivity contribution in [3.63, 3.8) is 0 Å². The lowest BCUT2D eigenvalue weighted by Gasteiger charge is -2.19. The summed E-state index contributed by atoms with van der Waals surface area (Å²) in [6, 6.07) is 10.7. The van der Waals surface area contributed by atoms with Crippen LogP contribution in [0.2, 0.25) is 0 Å². The second-order valence-electron chi connectivity index (χ2n) is 7.76. The van der Waals surface area contributed by atoms with Crippen LogP contribution in [0.4, 0.5) is 9.18 Å². The molecule has 1 saturated heterocycles. The van der Waals surface area contributed by atoms with E-state index in [4.69, 9.17) is 4.74 Å². The van der Waals surface area contributed by atoms with Crippen LogP contribution in [0.25, 0.3) is 0 Å². The maximum atomic E-state index is 13.0. The second-order valence-corrected chi connectivity index (χ2v) is 7.76. The molecule has 1 aliphatic carbocycles. The smallest absolute Gasteiger partial charge is 0.325 e. The minimum atomic E-state index is -0.798. The zero-order chi connectivity index (χ0) is 22.0. The van der Waals surface area contributed by atoms with Gasteiger partial charge in [-0.2, -0.15) is 0 Å². The summed E-state index contributed by atoms with van der Waals surface area (Å²) in [7, 11) is 0. The van der Waals surface area contributed by atoms with Crippen LogP contribution in [0, 0.1) is 5.82 Å². The number of ether oxygens (including phenoxy) is 1. The third kappa shape index (κ3) is 4.19. The molecule has 160 valence electrons. The van der Waals surface area contributed by atoms with E-state index < -0.39 is 23.4 Å². The van der Waals surface area contributed by atoms with Gasteiger partial charge in [-0.3, -0.25) is 19.3 Å². The average molecular weight is 424 g/mol. The number of carbonyl (C=O) groups is 4. The van der Waals surface area contributed by atoms with Gasteiger partial charge < -0.3 is 10.1 Å². The highest BCUT2D eigenvalue weighted by molar-refractivity contribution is 6.09. The number of carbonyl (C=O) groups excluding carboxylic acids is 4. The first-order valence-corrected chi connectivity index (χ1v) is 10.1. The average Bonchev–Trinajstić information content (AvgIpc) is 3.32. The van der Waals surface area contributed by atoms with Gasteiger partial charge in [-0.15, -0.1) is 0 Å². The van der Waals surface area contributed by atoms with E-state index in [2.05, 4.69) is 5.32 Å². The first kappa shape index (κ1) is 20.7. The van der Waals surface area contributed by atoms with Crippen molar-refractivity contribution in [2.75, 3.05) is 6.54 Å². The van der Waals surface area contributed by atoms with Gasteiger partial charge in [-0.1, -0.05) is 12.8 Å². The molecular formula is C23H21FN2O5. The maximum Gasteiger partial charge on any atom is 0.325 e. The minimum Gasteiger partial charge on any atom is -0.426 e. The zero-order valence-corrected chi connectivity index (χ0v) is 16.7. The molecule has 0 atom stereocenters. The normalized spacial score (nSPS) is 17.1. The molecule has 0 aromatic heterocycles. The Labute approximate surface area is 178 Å². The Bertz CT molecular complexity index is 1030. The lowest BCUT2D eigenvalue weighted by atomic mass is 9.98. The molecule has 3 amide bonds. The fourth-order valence-electron chi connectivity index (χ4n) is 4.02. The highest BCUT2D eigenvalue weighted by atomic mass is 19.1. The second kappa shape index (κ2) is 8.29. The number of halogens is 1. The maximum absolute atomic E-state index is 13.0. The number of urea groups is 1. The lowest BCUT2D eigenvalue weighted by Crippen LogP contribution is -2.44. The number of amides is 3. The van der Waals surface area contributed by atoms with E-state index in [1.54, 1.807) is 0 Å². The monoisotopic (exact) mass is 424 g/mol. The molecule has 2 aromatic rings. The van der Waals surface area contributed by atoms with Gasteiger partial charge in [-0.05, 0) is 61.4 Å². The van der Waals surface area contributed by atoms with Crippen molar-refractivity contribution in [2.45, 2.75) is 37.6 Å². The summed E-state index contributed by atoms with van der Waals surface area (Å²) in [5.74, 6) is -1.33. The molecule has 4 rings (SSSR count). The zero-order valence-electron chi connectivity index (χ0n) is 16.7. The fraction of sp³-hybridized carbons (Fsp3) is 0.304. The molecule has 1 spiro atoms. The number of nitrogens with one attached hydrogen (secondary N) is 1. The van der Waals surface area contributed by atoms with Crippen LogP contribution in [-0.4, -0.2) is 40.7 Å². The topological polar surface area (TPSA) is 92.8 Å². The molecule has 8 heteroatoms. The summed E-state index contributed by atoms with van der Waals surface area (Å²) < 4.78 is 18.3. The third-order valence-corrected chi connectivity index (χ3v) is 5.70. The molecule has 0 radical (unpaired) electrons. The number of rotatable bonds is 6. The number of benzene rings is 2. The van der Waals surface area contributed by atoms with Gasteiger partial charge in [0.05, 0.1) is 6.42 Å². The van der Waals surface area contributed by atoms with E-state index in [0.29, 0.717) is 24.0 Å². The van der Waals surface area contributed by atoms with E-state index in [1.807, 2.05) is 0 Å². The number of nitrogens with zero attached hydrogens (tertiary/aromatic N) is 1. The summed E-state index contributed by atoms with van der Waals surface area (Å²) in [5.41, 5.74) is -0.0826. The Morgan fingerprint density at radius 3 is 2.16 bits per heavy atom. The minimum absolute atomic E-state index is 0.0492. The largest absolute Gasteiger partial charge is 0.426 e. The standard InChI is InChI=1S/C23H21FN2O5/c24-17-7-3-15(4-8-17)20(28)16-5-9-18(10-6-16)31-19(27)11-14-26-21(29)23(25-22(26)30)12-1-2-13-23/h3-10H,1-2,11-14H2,(H,25,30). The van der Waals surface area contributed by atoms with Crippen LogP contribution in [-0.2, 0) is 9.59 Å². The summed E-state index contributed by atoms with van der Waals surface area (Å²) in [4.78, 5) is 50.4. The van der Waals surface area contributed by atoms with Gasteiger partial charge in [0.25, 0.3) is 5.91 Å². The Hall–Kier alpha value is -3.55. The quantitative estimate of drug-likeness (QED) is 0.333. The SMILES string of the molecule is O=C(CCN1C(=O)NC2(CCCC2)C1=O)Oc1ccc(C(=O)c2ccc(F)cc2)cc1. The van der Waals surface area contributed by atoms with Crippen LogP contribution in [0.1, 0.15) is 48.0 Å². The van der Waals surface area contributed by atoms with E-state index in [1.165, 1.54) is 48.5 Å². The molecule has 1 heterocycles. The molecule has 1 aliphatic heterocycles. The van der Waals surface area contributed by atoms with Crippen LogP contribution in [0.3, 0.4) is 0 Å². The number of imide groups is 1. The summed E-state index contributed by atoms with van der Waals surface area (Å²) >= 11 is 0. The van der Waals surface area contributed by atoms with Gasteiger partial charge in [0.2, 0.25) is 0 Å². The molecule has 31 heavy (non-hydrogen) atoms. The van der Waals surface area contributed by atoms with Gasteiger partial charge in [-0.25, -0.2) is 9.18 Å². The summed E-state index contributed by atoms with van der Waals surface area (Å²) in [6.07, 6.45) is 2.90. The third-order valence-electron chi connectivity index (χ3n) is 5.70. The highest BCUT2D eigenvalue weighted by Gasteiger charge is 2.52. The van der Waals surface area contributed by atoms with Crippen molar-refractivity contribution >= 4 is 23.7 Å². The fourth-order valence-corrected chi connectivity index (χ4v) is 4.02. The summed E-state index contributed by atoms with van der Waals surface area (Å²) in [5, 5.41) is 2.77. The molecule has 0 bridgehead atoms. The van der Waals surface area contributed by atoms with Crippen LogP contribution >= 0.6 is 0 Å². The van der Waals surface area contributed by atoms with Crippen molar-refractivity contribution in [2.24, 2.45) is 0 Å². The Morgan fingerprint density at radius 1 is 0.968 bits per heavy atom. The van der Waals surface area contributed by atoms with E-state index in [-0.39, 0.29) is 30.4 Å². The predicted molar refractivity (Wildman–Crippen MR) is 108 cm³/mol. The number of hydrogen-bond donors (Lipinski definition) is 1. The molecule has 2 fully saturated rings. The molecule has 7 nitrogen and oxygen atoms in total. The first-order chi connectivity index (χ1) is 14.9.